The third kappa shape index (κ3) is 7.14. The van der Waals surface area contributed by atoms with Crippen LogP contribution in [0.1, 0.15) is 47.9 Å². The first-order valence-corrected chi connectivity index (χ1v) is 10.5. The minimum Gasteiger partial charge on any atom is -0.492 e. The van der Waals surface area contributed by atoms with Crippen LogP contribution in [-0.2, 0) is 0 Å². The van der Waals surface area contributed by atoms with Gasteiger partial charge in [0.2, 0.25) is 0 Å². The summed E-state index contributed by atoms with van der Waals surface area (Å²) in [5.74, 6) is 0.211. The molecule has 0 aliphatic carbocycles. The number of hydrogen-bond acceptors (Lipinski definition) is 4. The maximum absolute atomic E-state index is 12.4. The number of nitrogens with one attached hydrogen (secondary N) is 3. The number of hydrogen-bond donors (Lipinski definition) is 3. The molecular weight excluding hydrogens is 454 g/mol. The lowest BCUT2D eigenvalue weighted by Gasteiger charge is -2.12. The molecule has 0 aromatic heterocycles. The lowest BCUT2D eigenvalue weighted by Crippen LogP contribution is -2.34. The number of thiocarbonyl (C=S) groups is 1. The van der Waals surface area contributed by atoms with Crippen LogP contribution in [0.3, 0.4) is 0 Å². The van der Waals surface area contributed by atoms with Gasteiger partial charge in [0.05, 0.1) is 11.1 Å². The molecule has 0 fully saturated rings. The van der Waals surface area contributed by atoms with Crippen LogP contribution in [0.2, 0.25) is 0 Å². The fourth-order valence-corrected chi connectivity index (χ4v) is 3.06. The van der Waals surface area contributed by atoms with Crippen LogP contribution in [-0.4, -0.2) is 29.6 Å². The molecule has 29 heavy (non-hydrogen) atoms. The Morgan fingerprint density at radius 1 is 1.07 bits per heavy atom. The normalized spacial score (nSPS) is 10.4. The third-order valence-electron chi connectivity index (χ3n) is 3.71. The average molecular weight is 478 g/mol. The summed E-state index contributed by atoms with van der Waals surface area (Å²) in [5, 5.41) is 8.57. The van der Waals surface area contributed by atoms with Crippen LogP contribution in [0.5, 0.6) is 5.75 Å². The van der Waals surface area contributed by atoms with Crippen molar-refractivity contribution in [3.05, 3.63) is 58.1 Å². The number of rotatable bonds is 7. The Morgan fingerprint density at radius 2 is 1.72 bits per heavy atom. The van der Waals surface area contributed by atoms with Gasteiger partial charge in [-0.25, -0.2) is 0 Å². The Kier molecular flexibility index (Phi) is 8.60. The second-order valence-electron chi connectivity index (χ2n) is 6.61. The number of carbonyl (C=O) groups excluding carboxylic acids is 2. The van der Waals surface area contributed by atoms with Gasteiger partial charge >= 0.3 is 0 Å². The molecule has 0 unspecified atom stereocenters. The fraction of sp³-hybridized carbons (Fsp3) is 0.286. The number of carbonyl (C=O) groups is 2. The lowest BCUT2D eigenvalue weighted by molar-refractivity contribution is 0.0941. The summed E-state index contributed by atoms with van der Waals surface area (Å²) in [4.78, 5) is 24.4. The number of amides is 2. The highest BCUT2D eigenvalue weighted by Crippen LogP contribution is 2.26. The minimum absolute atomic E-state index is 0.0652. The first kappa shape index (κ1) is 22.8. The molecule has 2 aromatic carbocycles. The van der Waals surface area contributed by atoms with Crippen molar-refractivity contribution in [1.29, 1.82) is 0 Å². The molecule has 0 saturated carbocycles. The molecule has 0 bridgehead atoms. The molecule has 8 heteroatoms. The molecule has 0 spiro atoms. The van der Waals surface area contributed by atoms with E-state index in [-0.39, 0.29) is 23.0 Å². The molecule has 6 nitrogen and oxygen atoms in total. The number of benzene rings is 2. The van der Waals surface area contributed by atoms with E-state index in [1.54, 1.807) is 42.5 Å². The van der Waals surface area contributed by atoms with E-state index in [0.717, 1.165) is 6.42 Å². The van der Waals surface area contributed by atoms with Gasteiger partial charge in [0.1, 0.15) is 5.75 Å². The Bertz CT molecular complexity index is 885. The van der Waals surface area contributed by atoms with Crippen LogP contribution in [0.4, 0.5) is 5.69 Å². The largest absolute Gasteiger partial charge is 0.492 e. The summed E-state index contributed by atoms with van der Waals surface area (Å²) >= 11 is 8.62. The van der Waals surface area contributed by atoms with Crippen molar-refractivity contribution in [3.8, 4) is 5.75 Å². The monoisotopic (exact) mass is 477 g/mol. The Hall–Kier alpha value is -2.45. The van der Waals surface area contributed by atoms with Gasteiger partial charge in [0, 0.05) is 22.9 Å². The first-order chi connectivity index (χ1) is 13.8. The van der Waals surface area contributed by atoms with E-state index in [1.807, 2.05) is 20.8 Å². The summed E-state index contributed by atoms with van der Waals surface area (Å²) in [6.45, 7) is 6.44. The first-order valence-electron chi connectivity index (χ1n) is 9.25. The maximum atomic E-state index is 12.4. The van der Waals surface area contributed by atoms with Crippen LogP contribution in [0.25, 0.3) is 0 Å². The van der Waals surface area contributed by atoms with Crippen molar-refractivity contribution in [1.82, 2.24) is 10.6 Å². The minimum atomic E-state index is -0.335. The number of halogens is 1. The second kappa shape index (κ2) is 10.9. The molecular formula is C21H24BrN3O3S. The van der Waals surface area contributed by atoms with Gasteiger partial charge < -0.3 is 15.4 Å². The van der Waals surface area contributed by atoms with E-state index in [2.05, 4.69) is 31.9 Å². The van der Waals surface area contributed by atoms with Gasteiger partial charge in [-0.2, -0.15) is 0 Å². The van der Waals surface area contributed by atoms with E-state index < -0.39 is 0 Å². The zero-order chi connectivity index (χ0) is 21.4. The summed E-state index contributed by atoms with van der Waals surface area (Å²) < 4.78 is 6.28. The van der Waals surface area contributed by atoms with Gasteiger partial charge in [-0.05, 0) is 90.9 Å². The highest BCUT2D eigenvalue weighted by Gasteiger charge is 2.12. The zero-order valence-electron chi connectivity index (χ0n) is 16.5. The lowest BCUT2D eigenvalue weighted by atomic mass is 10.2. The predicted octanol–water partition coefficient (Wildman–Crippen LogP) is 4.50. The summed E-state index contributed by atoms with van der Waals surface area (Å²) in [5.41, 5.74) is 1.67. The molecule has 0 saturated heterocycles. The zero-order valence-corrected chi connectivity index (χ0v) is 18.9. The molecule has 0 aliphatic heterocycles. The molecule has 2 aromatic rings. The molecule has 0 aliphatic rings. The number of ether oxygens (including phenoxy) is 1. The molecule has 154 valence electrons. The van der Waals surface area contributed by atoms with Crippen molar-refractivity contribution < 1.29 is 14.3 Å². The molecule has 2 rings (SSSR count). The van der Waals surface area contributed by atoms with E-state index in [1.165, 1.54) is 0 Å². The van der Waals surface area contributed by atoms with Crippen molar-refractivity contribution in [2.24, 2.45) is 0 Å². The van der Waals surface area contributed by atoms with Gasteiger partial charge in [-0.1, -0.05) is 6.92 Å². The Morgan fingerprint density at radius 3 is 2.31 bits per heavy atom. The Balaban J connectivity index is 1.94. The second-order valence-corrected chi connectivity index (χ2v) is 7.87. The maximum Gasteiger partial charge on any atom is 0.257 e. The van der Waals surface area contributed by atoms with E-state index in [9.17, 15) is 9.59 Å². The smallest absolute Gasteiger partial charge is 0.257 e. The fourth-order valence-electron chi connectivity index (χ4n) is 2.36. The predicted molar refractivity (Wildman–Crippen MR) is 123 cm³/mol. The molecule has 0 heterocycles. The van der Waals surface area contributed by atoms with Crippen molar-refractivity contribution >= 4 is 50.8 Å². The quantitative estimate of drug-likeness (QED) is 0.511. The third-order valence-corrected chi connectivity index (χ3v) is 4.53. The van der Waals surface area contributed by atoms with E-state index in [0.29, 0.717) is 33.6 Å². The van der Waals surface area contributed by atoms with Gasteiger partial charge in [-0.3, -0.25) is 14.9 Å². The van der Waals surface area contributed by atoms with Crippen LogP contribution >= 0.6 is 28.1 Å². The van der Waals surface area contributed by atoms with Crippen molar-refractivity contribution in [2.45, 2.75) is 33.2 Å². The van der Waals surface area contributed by atoms with E-state index in [4.69, 9.17) is 17.0 Å². The van der Waals surface area contributed by atoms with Gasteiger partial charge in [0.15, 0.2) is 5.11 Å². The SMILES string of the molecule is CCCOc1ccc(C(=O)NC(=S)Nc2ccc(C(=O)NC(C)C)cc2)cc1Br. The average Bonchev–Trinajstić information content (AvgIpc) is 2.66. The van der Waals surface area contributed by atoms with Gasteiger partial charge in [-0.15, -0.1) is 0 Å². The van der Waals surface area contributed by atoms with Gasteiger partial charge in [0.25, 0.3) is 11.8 Å². The highest BCUT2D eigenvalue weighted by molar-refractivity contribution is 9.10. The summed E-state index contributed by atoms with van der Waals surface area (Å²) in [6.07, 6.45) is 0.901. The topological polar surface area (TPSA) is 79.5 Å². The molecule has 3 N–H and O–H groups in total. The summed E-state index contributed by atoms with van der Waals surface area (Å²) in [6, 6.07) is 12.0. The van der Waals surface area contributed by atoms with Crippen molar-refractivity contribution in [2.75, 3.05) is 11.9 Å². The van der Waals surface area contributed by atoms with Crippen LogP contribution in [0.15, 0.2) is 46.9 Å². The Labute approximate surface area is 184 Å². The summed E-state index contributed by atoms with van der Waals surface area (Å²) in [7, 11) is 0. The molecule has 0 atom stereocenters. The van der Waals surface area contributed by atoms with E-state index >= 15 is 0 Å². The number of anilines is 1. The van der Waals surface area contributed by atoms with Crippen LogP contribution in [0, 0.1) is 0 Å². The van der Waals surface area contributed by atoms with Crippen molar-refractivity contribution in [3.63, 3.8) is 0 Å². The molecule has 2 amide bonds. The highest BCUT2D eigenvalue weighted by atomic mass is 79.9. The van der Waals surface area contributed by atoms with Crippen LogP contribution < -0.4 is 20.7 Å². The standard InChI is InChI=1S/C21H24BrN3O3S/c1-4-11-28-18-10-7-15(12-17(18)22)20(27)25-21(29)24-16-8-5-14(6-9-16)19(26)23-13(2)3/h5-10,12-13H,4,11H2,1-3H3,(H,23,26)(H2,24,25,27,29). The molecule has 0 radical (unpaired) electrons.